The first-order chi connectivity index (χ1) is 6.34. The fourth-order valence-electron chi connectivity index (χ4n) is 1.80. The SMILES string of the molecule is Cl.Oc1cnn(CC2CCCNC2)c1. The van der Waals surface area contributed by atoms with Crippen LogP contribution in [0.1, 0.15) is 12.8 Å². The minimum atomic E-state index is 0. The summed E-state index contributed by atoms with van der Waals surface area (Å²) >= 11 is 0. The Bertz CT molecular complexity index is 271. The number of rotatable bonds is 2. The van der Waals surface area contributed by atoms with Gasteiger partial charge in [0.1, 0.15) is 0 Å². The molecule has 1 aliphatic heterocycles. The molecule has 0 saturated carbocycles. The second-order valence-corrected chi connectivity index (χ2v) is 3.63. The summed E-state index contributed by atoms with van der Waals surface area (Å²) in [7, 11) is 0. The van der Waals surface area contributed by atoms with Gasteiger partial charge in [-0.15, -0.1) is 12.4 Å². The molecule has 5 heteroatoms. The normalized spacial score (nSPS) is 21.6. The van der Waals surface area contributed by atoms with Gasteiger partial charge in [0.2, 0.25) is 0 Å². The minimum Gasteiger partial charge on any atom is -0.505 e. The molecule has 1 fully saturated rings. The monoisotopic (exact) mass is 217 g/mol. The number of nitrogens with zero attached hydrogens (tertiary/aromatic N) is 2. The summed E-state index contributed by atoms with van der Waals surface area (Å²) in [6.07, 6.45) is 5.66. The molecule has 0 bridgehead atoms. The molecule has 2 N–H and O–H groups in total. The number of piperidine rings is 1. The van der Waals surface area contributed by atoms with Crippen LogP contribution in [0, 0.1) is 5.92 Å². The molecule has 1 saturated heterocycles. The lowest BCUT2D eigenvalue weighted by Gasteiger charge is -2.22. The summed E-state index contributed by atoms with van der Waals surface area (Å²) in [5.74, 6) is 0.914. The molecule has 2 rings (SSSR count). The Labute approximate surface area is 89.7 Å². The first-order valence-electron chi connectivity index (χ1n) is 4.77. The lowest BCUT2D eigenvalue weighted by atomic mass is 10.00. The van der Waals surface area contributed by atoms with E-state index >= 15 is 0 Å². The molecule has 14 heavy (non-hydrogen) atoms. The van der Waals surface area contributed by atoms with E-state index in [1.165, 1.54) is 19.0 Å². The van der Waals surface area contributed by atoms with E-state index in [-0.39, 0.29) is 18.2 Å². The summed E-state index contributed by atoms with van der Waals surface area (Å²) in [4.78, 5) is 0. The Balaban J connectivity index is 0.000000980. The zero-order chi connectivity index (χ0) is 9.10. The number of hydrogen-bond acceptors (Lipinski definition) is 3. The first-order valence-corrected chi connectivity index (χ1v) is 4.77. The van der Waals surface area contributed by atoms with E-state index in [1.807, 2.05) is 4.68 Å². The second-order valence-electron chi connectivity index (χ2n) is 3.63. The van der Waals surface area contributed by atoms with E-state index in [0.717, 1.165) is 19.6 Å². The molecule has 1 atom stereocenters. The van der Waals surface area contributed by atoms with E-state index in [0.29, 0.717) is 5.92 Å². The largest absolute Gasteiger partial charge is 0.505 e. The van der Waals surface area contributed by atoms with E-state index in [9.17, 15) is 0 Å². The van der Waals surface area contributed by atoms with E-state index in [1.54, 1.807) is 6.20 Å². The van der Waals surface area contributed by atoms with Gasteiger partial charge >= 0.3 is 0 Å². The molecule has 1 aromatic heterocycles. The molecule has 2 heterocycles. The van der Waals surface area contributed by atoms with Gasteiger partial charge in [0.15, 0.2) is 5.75 Å². The third kappa shape index (κ3) is 2.89. The standard InChI is InChI=1S/C9H15N3O.ClH/c13-9-5-11-12(7-9)6-8-2-1-3-10-4-8;/h5,7-8,10,13H,1-4,6H2;1H. The Morgan fingerprint density at radius 3 is 3.07 bits per heavy atom. The number of hydrogen-bond donors (Lipinski definition) is 2. The lowest BCUT2D eigenvalue weighted by Crippen LogP contribution is -2.32. The predicted molar refractivity (Wildman–Crippen MR) is 56.7 cm³/mol. The Kier molecular flexibility index (Phi) is 4.22. The summed E-state index contributed by atoms with van der Waals surface area (Å²) < 4.78 is 1.81. The van der Waals surface area contributed by atoms with Crippen LogP contribution in [0.4, 0.5) is 0 Å². The highest BCUT2D eigenvalue weighted by Gasteiger charge is 2.13. The average molecular weight is 218 g/mol. The van der Waals surface area contributed by atoms with Gasteiger partial charge in [-0.1, -0.05) is 0 Å². The number of aromatic hydroxyl groups is 1. The van der Waals surface area contributed by atoms with Crippen molar-refractivity contribution in [3.8, 4) is 5.75 Å². The quantitative estimate of drug-likeness (QED) is 0.778. The van der Waals surface area contributed by atoms with Gasteiger partial charge in [0, 0.05) is 6.54 Å². The molecular formula is C9H16ClN3O. The molecule has 4 nitrogen and oxygen atoms in total. The Hall–Kier alpha value is -0.740. The van der Waals surface area contributed by atoms with Crippen LogP contribution in [0.5, 0.6) is 5.75 Å². The molecule has 1 unspecified atom stereocenters. The fourth-order valence-corrected chi connectivity index (χ4v) is 1.80. The van der Waals surface area contributed by atoms with Crippen LogP contribution in [0.3, 0.4) is 0 Å². The van der Waals surface area contributed by atoms with Gasteiger partial charge < -0.3 is 10.4 Å². The van der Waals surface area contributed by atoms with Crippen LogP contribution in [0.25, 0.3) is 0 Å². The number of nitrogens with one attached hydrogen (secondary N) is 1. The van der Waals surface area contributed by atoms with Crippen molar-refractivity contribution < 1.29 is 5.11 Å². The van der Waals surface area contributed by atoms with Gasteiger partial charge in [-0.2, -0.15) is 5.10 Å². The molecule has 0 amide bonds. The van der Waals surface area contributed by atoms with Crippen molar-refractivity contribution >= 4 is 12.4 Å². The average Bonchev–Trinajstić information content (AvgIpc) is 2.53. The molecular weight excluding hydrogens is 202 g/mol. The van der Waals surface area contributed by atoms with E-state index in [2.05, 4.69) is 10.4 Å². The molecule has 0 spiro atoms. The van der Waals surface area contributed by atoms with Crippen LogP contribution in [-0.4, -0.2) is 28.0 Å². The maximum Gasteiger partial charge on any atom is 0.153 e. The summed E-state index contributed by atoms with van der Waals surface area (Å²) in [6.45, 7) is 3.12. The molecule has 1 aromatic rings. The highest BCUT2D eigenvalue weighted by molar-refractivity contribution is 5.85. The van der Waals surface area contributed by atoms with Crippen molar-refractivity contribution in [1.29, 1.82) is 0 Å². The molecule has 1 aliphatic rings. The van der Waals surface area contributed by atoms with Crippen LogP contribution in [0.15, 0.2) is 12.4 Å². The van der Waals surface area contributed by atoms with Crippen molar-refractivity contribution in [2.45, 2.75) is 19.4 Å². The third-order valence-electron chi connectivity index (χ3n) is 2.46. The van der Waals surface area contributed by atoms with Crippen LogP contribution < -0.4 is 5.32 Å². The van der Waals surface area contributed by atoms with Crippen molar-refractivity contribution in [2.24, 2.45) is 5.92 Å². The van der Waals surface area contributed by atoms with Crippen molar-refractivity contribution in [3.05, 3.63) is 12.4 Å². The van der Waals surface area contributed by atoms with Gasteiger partial charge in [0.25, 0.3) is 0 Å². The summed E-state index contributed by atoms with van der Waals surface area (Å²) in [5, 5.41) is 16.5. The summed E-state index contributed by atoms with van der Waals surface area (Å²) in [6, 6.07) is 0. The topological polar surface area (TPSA) is 50.1 Å². The van der Waals surface area contributed by atoms with Crippen LogP contribution in [0.2, 0.25) is 0 Å². The maximum absolute atomic E-state index is 9.08. The molecule has 0 radical (unpaired) electrons. The second kappa shape index (κ2) is 5.22. The smallest absolute Gasteiger partial charge is 0.153 e. The number of halogens is 1. The fraction of sp³-hybridized carbons (Fsp3) is 0.667. The van der Waals surface area contributed by atoms with Crippen molar-refractivity contribution in [3.63, 3.8) is 0 Å². The number of aromatic nitrogens is 2. The van der Waals surface area contributed by atoms with Crippen molar-refractivity contribution in [2.75, 3.05) is 13.1 Å². The highest BCUT2D eigenvalue weighted by atomic mass is 35.5. The van der Waals surface area contributed by atoms with Crippen LogP contribution >= 0.6 is 12.4 Å². The third-order valence-corrected chi connectivity index (χ3v) is 2.46. The van der Waals surface area contributed by atoms with Gasteiger partial charge in [-0.3, -0.25) is 4.68 Å². The van der Waals surface area contributed by atoms with Gasteiger partial charge in [-0.25, -0.2) is 0 Å². The highest BCUT2D eigenvalue weighted by Crippen LogP contribution is 2.13. The zero-order valence-corrected chi connectivity index (χ0v) is 8.83. The lowest BCUT2D eigenvalue weighted by molar-refractivity contribution is 0.324. The summed E-state index contributed by atoms with van der Waals surface area (Å²) in [5.41, 5.74) is 0. The molecule has 80 valence electrons. The van der Waals surface area contributed by atoms with Gasteiger partial charge in [0.05, 0.1) is 12.4 Å². The Morgan fingerprint density at radius 2 is 2.50 bits per heavy atom. The maximum atomic E-state index is 9.08. The molecule has 0 aliphatic carbocycles. The Morgan fingerprint density at radius 1 is 1.64 bits per heavy atom. The van der Waals surface area contributed by atoms with E-state index in [4.69, 9.17) is 5.11 Å². The predicted octanol–water partition coefficient (Wildman–Crippen LogP) is 1.01. The van der Waals surface area contributed by atoms with Crippen molar-refractivity contribution in [1.82, 2.24) is 15.1 Å². The van der Waals surface area contributed by atoms with Crippen LogP contribution in [-0.2, 0) is 6.54 Å². The first kappa shape index (κ1) is 11.3. The van der Waals surface area contributed by atoms with E-state index < -0.39 is 0 Å². The van der Waals surface area contributed by atoms with Gasteiger partial charge in [-0.05, 0) is 31.8 Å². The zero-order valence-electron chi connectivity index (χ0n) is 8.02. The molecule has 0 aromatic carbocycles. The minimum absolute atomic E-state index is 0.